The van der Waals surface area contributed by atoms with Gasteiger partial charge < -0.3 is 29.2 Å². The Kier molecular flexibility index (Phi) is 8.37. The van der Waals surface area contributed by atoms with E-state index in [-0.39, 0.29) is 23.8 Å². The topological polar surface area (TPSA) is 120 Å². The zero-order valence-electron chi connectivity index (χ0n) is 19.6. The molecule has 0 unspecified atom stereocenters. The lowest BCUT2D eigenvalue weighted by Crippen LogP contribution is -2.07. The van der Waals surface area contributed by atoms with Crippen LogP contribution in [0.15, 0.2) is 66.7 Å². The molecule has 0 atom stereocenters. The van der Waals surface area contributed by atoms with Gasteiger partial charge in [0.2, 0.25) is 5.75 Å². The van der Waals surface area contributed by atoms with E-state index in [0.29, 0.717) is 34.1 Å². The Morgan fingerprint density at radius 1 is 0.914 bits per heavy atom. The Bertz CT molecular complexity index is 1240. The third-order valence-corrected chi connectivity index (χ3v) is 5.09. The van der Waals surface area contributed by atoms with Crippen molar-refractivity contribution in [3.63, 3.8) is 0 Å². The number of carbonyl (C=O) groups is 1. The van der Waals surface area contributed by atoms with Crippen LogP contribution < -0.4 is 24.7 Å². The van der Waals surface area contributed by atoms with Gasteiger partial charge in [-0.15, -0.1) is 0 Å². The highest BCUT2D eigenvalue weighted by atomic mass is 16.5. The molecule has 0 fully saturated rings. The summed E-state index contributed by atoms with van der Waals surface area (Å²) in [5, 5.41) is 19.8. The molecule has 8 nitrogen and oxygen atoms in total. The van der Waals surface area contributed by atoms with Crippen molar-refractivity contribution < 1.29 is 34.0 Å². The molecule has 3 aromatic rings. The van der Waals surface area contributed by atoms with Gasteiger partial charge in [0.15, 0.2) is 17.3 Å². The van der Waals surface area contributed by atoms with E-state index in [4.69, 9.17) is 24.7 Å². The molecule has 4 N–H and O–H groups in total. The second-order valence-corrected chi connectivity index (χ2v) is 7.30. The SMILES string of the molecule is COc1cc(C(/C=C/C(=O)c2cc(O)ccc2O)=C/c2cccc(OCN)c2)cc(OC)c1OC. The molecular formula is C27H27NO7. The van der Waals surface area contributed by atoms with Crippen molar-refractivity contribution in [3.8, 4) is 34.5 Å². The molecule has 0 bridgehead atoms. The second-order valence-electron chi connectivity index (χ2n) is 7.30. The van der Waals surface area contributed by atoms with E-state index >= 15 is 0 Å². The minimum atomic E-state index is -0.489. The van der Waals surface area contributed by atoms with Gasteiger partial charge in [0.05, 0.1) is 26.9 Å². The fourth-order valence-electron chi connectivity index (χ4n) is 3.42. The number of benzene rings is 3. The summed E-state index contributed by atoms with van der Waals surface area (Å²) >= 11 is 0. The van der Waals surface area contributed by atoms with Gasteiger partial charge in [-0.25, -0.2) is 0 Å². The van der Waals surface area contributed by atoms with E-state index < -0.39 is 5.78 Å². The van der Waals surface area contributed by atoms with Crippen LogP contribution in [0.25, 0.3) is 11.6 Å². The van der Waals surface area contributed by atoms with Crippen LogP contribution in [0, 0.1) is 0 Å². The van der Waals surface area contributed by atoms with Crippen LogP contribution in [0.3, 0.4) is 0 Å². The molecule has 0 saturated carbocycles. The number of ether oxygens (including phenoxy) is 4. The number of phenolic OH excluding ortho intramolecular Hbond substituents is 2. The Morgan fingerprint density at radius 2 is 1.63 bits per heavy atom. The van der Waals surface area contributed by atoms with E-state index in [1.54, 1.807) is 24.3 Å². The number of hydrogen-bond acceptors (Lipinski definition) is 8. The van der Waals surface area contributed by atoms with E-state index in [9.17, 15) is 15.0 Å². The molecule has 3 aromatic carbocycles. The quantitative estimate of drug-likeness (QED) is 0.0982. The molecule has 0 radical (unpaired) electrons. The monoisotopic (exact) mass is 477 g/mol. The van der Waals surface area contributed by atoms with Crippen LogP contribution in [0.5, 0.6) is 34.5 Å². The zero-order valence-corrected chi connectivity index (χ0v) is 19.6. The smallest absolute Gasteiger partial charge is 0.203 e. The average molecular weight is 478 g/mol. The first-order chi connectivity index (χ1) is 16.9. The van der Waals surface area contributed by atoms with Crippen molar-refractivity contribution in [2.45, 2.75) is 0 Å². The van der Waals surface area contributed by atoms with Gasteiger partial charge in [-0.1, -0.05) is 18.2 Å². The summed E-state index contributed by atoms with van der Waals surface area (Å²) in [5.74, 6) is 1.06. The largest absolute Gasteiger partial charge is 0.508 e. The molecule has 0 aliphatic heterocycles. The van der Waals surface area contributed by atoms with Gasteiger partial charge in [-0.3, -0.25) is 10.5 Å². The van der Waals surface area contributed by atoms with Gasteiger partial charge in [-0.2, -0.15) is 0 Å². The number of hydrogen-bond donors (Lipinski definition) is 3. The van der Waals surface area contributed by atoms with Crippen molar-refractivity contribution in [3.05, 3.63) is 83.4 Å². The maximum atomic E-state index is 12.8. The predicted molar refractivity (Wildman–Crippen MR) is 133 cm³/mol. The number of rotatable bonds is 10. The molecule has 0 spiro atoms. The predicted octanol–water partition coefficient (Wildman–Crippen LogP) is 4.40. The van der Waals surface area contributed by atoms with Crippen molar-refractivity contribution in [2.24, 2.45) is 5.73 Å². The minimum Gasteiger partial charge on any atom is -0.508 e. The van der Waals surface area contributed by atoms with Crippen molar-refractivity contribution in [1.29, 1.82) is 0 Å². The maximum absolute atomic E-state index is 12.8. The lowest BCUT2D eigenvalue weighted by molar-refractivity contribution is 0.104. The summed E-state index contributed by atoms with van der Waals surface area (Å²) < 4.78 is 21.8. The lowest BCUT2D eigenvalue weighted by atomic mass is 9.99. The van der Waals surface area contributed by atoms with E-state index in [1.165, 1.54) is 45.6 Å². The first-order valence-electron chi connectivity index (χ1n) is 10.6. The van der Waals surface area contributed by atoms with Crippen LogP contribution in [-0.4, -0.2) is 44.1 Å². The van der Waals surface area contributed by atoms with Gasteiger partial charge in [0.25, 0.3) is 0 Å². The average Bonchev–Trinajstić information content (AvgIpc) is 2.87. The van der Waals surface area contributed by atoms with Crippen molar-refractivity contribution in [2.75, 3.05) is 28.1 Å². The molecule has 0 heterocycles. The van der Waals surface area contributed by atoms with Gasteiger partial charge >= 0.3 is 0 Å². The number of ketones is 1. The molecule has 0 aliphatic rings. The third-order valence-electron chi connectivity index (χ3n) is 5.09. The molecule has 0 amide bonds. The highest BCUT2D eigenvalue weighted by Gasteiger charge is 2.15. The molecule has 0 aliphatic carbocycles. The fraction of sp³-hybridized carbons (Fsp3) is 0.148. The first kappa shape index (κ1) is 25.2. The second kappa shape index (κ2) is 11.6. The number of methoxy groups -OCH3 is 3. The molecule has 8 heteroatoms. The molecular weight excluding hydrogens is 450 g/mol. The Hall–Kier alpha value is -4.43. The highest BCUT2D eigenvalue weighted by molar-refractivity contribution is 6.08. The van der Waals surface area contributed by atoms with E-state index in [0.717, 1.165) is 5.56 Å². The molecule has 0 aromatic heterocycles. The number of aromatic hydroxyl groups is 2. The zero-order chi connectivity index (χ0) is 25.4. The molecule has 0 saturated heterocycles. The molecule has 182 valence electrons. The fourth-order valence-corrected chi connectivity index (χ4v) is 3.42. The van der Waals surface area contributed by atoms with Crippen LogP contribution in [0.2, 0.25) is 0 Å². The van der Waals surface area contributed by atoms with Crippen molar-refractivity contribution in [1.82, 2.24) is 0 Å². The standard InChI is InChI=1S/C27H27NO7/c1-32-25-13-19(14-26(33-2)27(25)34-3)18(11-17-5-4-6-21(12-17)35-16-28)7-9-23(30)22-15-20(29)8-10-24(22)31/h4-15,29,31H,16,28H2,1-3H3/b9-7+,18-11+. The number of allylic oxidation sites excluding steroid dienone is 3. The van der Waals surface area contributed by atoms with Gasteiger partial charge in [-0.05, 0) is 71.3 Å². The maximum Gasteiger partial charge on any atom is 0.203 e. The van der Waals surface area contributed by atoms with Crippen molar-refractivity contribution >= 4 is 17.4 Å². The first-order valence-corrected chi connectivity index (χ1v) is 10.6. The Labute approximate surface area is 203 Å². The van der Waals surface area contributed by atoms with Gasteiger partial charge in [0, 0.05) is 0 Å². The summed E-state index contributed by atoms with van der Waals surface area (Å²) in [6.45, 7) is 0.0364. The minimum absolute atomic E-state index is 0.0242. The van der Waals surface area contributed by atoms with E-state index in [2.05, 4.69) is 0 Å². The number of carbonyl (C=O) groups excluding carboxylic acids is 1. The lowest BCUT2D eigenvalue weighted by Gasteiger charge is -2.15. The summed E-state index contributed by atoms with van der Waals surface area (Å²) in [6, 6.07) is 14.6. The Morgan fingerprint density at radius 3 is 2.26 bits per heavy atom. The van der Waals surface area contributed by atoms with Crippen LogP contribution >= 0.6 is 0 Å². The normalized spacial score (nSPS) is 11.4. The van der Waals surface area contributed by atoms with E-state index in [1.807, 2.05) is 24.3 Å². The number of nitrogens with two attached hydrogens (primary N) is 1. The summed E-state index contributed by atoms with van der Waals surface area (Å²) in [6.07, 6.45) is 4.75. The molecule has 3 rings (SSSR count). The van der Waals surface area contributed by atoms with Crippen LogP contribution in [0.4, 0.5) is 0 Å². The highest BCUT2D eigenvalue weighted by Crippen LogP contribution is 2.40. The summed E-state index contributed by atoms with van der Waals surface area (Å²) in [4.78, 5) is 12.8. The van der Waals surface area contributed by atoms with Gasteiger partial charge in [0.1, 0.15) is 24.0 Å². The summed E-state index contributed by atoms with van der Waals surface area (Å²) in [7, 11) is 4.55. The third kappa shape index (κ3) is 6.13. The number of phenols is 2. The molecule has 35 heavy (non-hydrogen) atoms. The van der Waals surface area contributed by atoms with Crippen LogP contribution in [0.1, 0.15) is 21.5 Å². The van der Waals surface area contributed by atoms with Crippen LogP contribution in [-0.2, 0) is 0 Å². The summed E-state index contributed by atoms with van der Waals surface area (Å²) in [5.41, 5.74) is 7.56. The Balaban J connectivity index is 2.13.